The number of esters is 1. The van der Waals surface area contributed by atoms with Gasteiger partial charge in [0, 0.05) is 19.4 Å². The first-order valence-electron chi connectivity index (χ1n) is 9.04. The van der Waals surface area contributed by atoms with Crippen molar-refractivity contribution in [3.05, 3.63) is 52.2 Å². The van der Waals surface area contributed by atoms with Gasteiger partial charge in [0.1, 0.15) is 0 Å². The number of anilines is 1. The number of para-hydroxylation sites is 1. The Morgan fingerprint density at radius 3 is 2.40 bits per heavy atom. The molecule has 30 heavy (non-hydrogen) atoms. The van der Waals surface area contributed by atoms with E-state index in [4.69, 9.17) is 10.5 Å². The minimum absolute atomic E-state index is 0.0213. The second kappa shape index (κ2) is 11.5. The number of Topliss-reactive ketones (excluding diaryl/α,β-unsaturated/α-hetero) is 1. The van der Waals surface area contributed by atoms with Crippen molar-refractivity contribution in [3.8, 4) is 0 Å². The molecule has 0 aliphatic carbocycles. The summed E-state index contributed by atoms with van der Waals surface area (Å²) in [5, 5.41) is 6.75. The van der Waals surface area contributed by atoms with Crippen molar-refractivity contribution in [2.24, 2.45) is 5.73 Å². The normalized spacial score (nSPS) is 10.1. The first-order valence-corrected chi connectivity index (χ1v) is 9.92. The molecule has 2 aromatic rings. The highest BCUT2D eigenvalue weighted by molar-refractivity contribution is 7.12. The molecule has 3 amide bonds. The molecule has 1 aromatic heterocycles. The Bertz CT molecular complexity index is 926. The Labute approximate surface area is 176 Å². The van der Waals surface area contributed by atoms with Crippen molar-refractivity contribution in [3.63, 3.8) is 0 Å². The average molecular weight is 431 g/mol. The van der Waals surface area contributed by atoms with Crippen molar-refractivity contribution < 1.29 is 28.7 Å². The average Bonchev–Trinajstić information content (AvgIpc) is 3.26. The van der Waals surface area contributed by atoms with E-state index in [1.165, 1.54) is 23.5 Å². The van der Waals surface area contributed by atoms with E-state index in [9.17, 15) is 24.0 Å². The largest absolute Gasteiger partial charge is 0.456 e. The van der Waals surface area contributed by atoms with Crippen molar-refractivity contribution >= 4 is 46.5 Å². The molecule has 0 atom stereocenters. The predicted octanol–water partition coefficient (Wildman–Crippen LogP) is 1.50. The molecule has 0 unspecified atom stereocenters. The Hall–Kier alpha value is -3.53. The zero-order valence-corrected chi connectivity index (χ0v) is 16.8. The first kappa shape index (κ1) is 22.8. The van der Waals surface area contributed by atoms with E-state index in [0.717, 1.165) is 0 Å². The number of hydrogen-bond acceptors (Lipinski definition) is 7. The van der Waals surface area contributed by atoms with Crippen LogP contribution < -0.4 is 16.4 Å². The summed E-state index contributed by atoms with van der Waals surface area (Å²) in [6.07, 6.45) is -0.0209. The zero-order valence-electron chi connectivity index (χ0n) is 16.0. The minimum atomic E-state index is -0.698. The lowest BCUT2D eigenvalue weighted by atomic mass is 10.1. The summed E-state index contributed by atoms with van der Waals surface area (Å²) in [5.41, 5.74) is 5.58. The van der Waals surface area contributed by atoms with Gasteiger partial charge in [0.05, 0.1) is 22.5 Å². The molecule has 9 nitrogen and oxygen atoms in total. The summed E-state index contributed by atoms with van der Waals surface area (Å²) in [5.74, 6) is -2.47. The second-order valence-electron chi connectivity index (χ2n) is 6.12. The van der Waals surface area contributed by atoms with Crippen LogP contribution in [0.1, 0.15) is 39.3 Å². The van der Waals surface area contributed by atoms with Crippen LogP contribution in [0.15, 0.2) is 41.8 Å². The van der Waals surface area contributed by atoms with Gasteiger partial charge in [0.15, 0.2) is 12.4 Å². The highest BCUT2D eigenvalue weighted by Gasteiger charge is 2.13. The molecular weight excluding hydrogens is 410 g/mol. The van der Waals surface area contributed by atoms with Gasteiger partial charge >= 0.3 is 5.97 Å². The van der Waals surface area contributed by atoms with Gasteiger partial charge in [-0.3, -0.25) is 24.0 Å². The third-order valence-electron chi connectivity index (χ3n) is 3.86. The Morgan fingerprint density at radius 1 is 0.933 bits per heavy atom. The van der Waals surface area contributed by atoms with Gasteiger partial charge in [-0.1, -0.05) is 18.2 Å². The van der Waals surface area contributed by atoms with E-state index in [2.05, 4.69) is 10.6 Å². The summed E-state index contributed by atoms with van der Waals surface area (Å²) in [4.78, 5) is 59.1. The van der Waals surface area contributed by atoms with Crippen LogP contribution in [0.2, 0.25) is 0 Å². The van der Waals surface area contributed by atoms with Crippen LogP contribution in [0.25, 0.3) is 0 Å². The summed E-state index contributed by atoms with van der Waals surface area (Å²) < 4.78 is 4.83. The molecule has 0 fully saturated rings. The fourth-order valence-corrected chi connectivity index (χ4v) is 3.09. The molecule has 0 radical (unpaired) electrons. The lowest BCUT2D eigenvalue weighted by molar-refractivity contribution is -0.147. The number of nitrogens with two attached hydrogens (primary N) is 1. The number of hydrogen-bond donors (Lipinski definition) is 3. The molecule has 0 bridgehead atoms. The van der Waals surface area contributed by atoms with Crippen LogP contribution in [0.3, 0.4) is 0 Å². The van der Waals surface area contributed by atoms with Crippen molar-refractivity contribution in [1.82, 2.24) is 5.32 Å². The van der Waals surface area contributed by atoms with Crippen molar-refractivity contribution in [2.45, 2.75) is 19.3 Å². The molecule has 0 saturated carbocycles. The van der Waals surface area contributed by atoms with Crippen LogP contribution in [0.5, 0.6) is 0 Å². The number of thiophene rings is 1. The highest BCUT2D eigenvalue weighted by Crippen LogP contribution is 2.14. The molecular formula is C20H21N3O6S. The number of amides is 3. The second-order valence-corrected chi connectivity index (χ2v) is 7.07. The van der Waals surface area contributed by atoms with E-state index in [-0.39, 0.29) is 48.7 Å². The minimum Gasteiger partial charge on any atom is -0.456 e. The standard InChI is InChI=1S/C20H21N3O6S/c21-20(28)13-4-1-2-5-14(13)23-18(26)12-29-19(27)9-10-22-17(25)8-7-15(24)16-6-3-11-30-16/h1-6,11H,7-10,12H2,(H2,21,28)(H,22,25)(H,23,26). The zero-order chi connectivity index (χ0) is 21.9. The topological polar surface area (TPSA) is 145 Å². The van der Waals surface area contributed by atoms with Crippen LogP contribution in [-0.4, -0.2) is 42.6 Å². The maximum absolute atomic E-state index is 11.9. The number of carbonyl (C=O) groups is 5. The van der Waals surface area contributed by atoms with Gasteiger partial charge in [-0.05, 0) is 23.6 Å². The maximum Gasteiger partial charge on any atom is 0.308 e. The maximum atomic E-state index is 11.9. The van der Waals surface area contributed by atoms with Gasteiger partial charge in [0.2, 0.25) is 5.91 Å². The fourth-order valence-electron chi connectivity index (χ4n) is 2.39. The van der Waals surface area contributed by atoms with E-state index in [1.54, 1.807) is 29.6 Å². The molecule has 2 rings (SSSR count). The van der Waals surface area contributed by atoms with Crippen LogP contribution in [-0.2, 0) is 19.1 Å². The summed E-state index contributed by atoms with van der Waals surface area (Å²) >= 11 is 1.32. The van der Waals surface area contributed by atoms with Gasteiger partial charge in [0.25, 0.3) is 11.8 Å². The predicted molar refractivity (Wildman–Crippen MR) is 110 cm³/mol. The molecule has 0 spiro atoms. The first-order chi connectivity index (χ1) is 14.4. The third kappa shape index (κ3) is 7.47. The Kier molecular flexibility index (Phi) is 8.70. The number of nitrogens with one attached hydrogen (secondary N) is 2. The molecule has 4 N–H and O–H groups in total. The molecule has 1 aromatic carbocycles. The summed E-state index contributed by atoms with van der Waals surface area (Å²) in [6.45, 7) is -0.522. The SMILES string of the molecule is NC(=O)c1ccccc1NC(=O)COC(=O)CCNC(=O)CCC(=O)c1cccs1. The Balaban J connectivity index is 1.63. The molecule has 0 aliphatic rings. The monoisotopic (exact) mass is 431 g/mol. The number of carbonyl (C=O) groups excluding carboxylic acids is 5. The van der Waals surface area contributed by atoms with Crippen LogP contribution in [0.4, 0.5) is 5.69 Å². The smallest absolute Gasteiger partial charge is 0.308 e. The van der Waals surface area contributed by atoms with E-state index in [1.807, 2.05) is 0 Å². The molecule has 0 saturated heterocycles. The van der Waals surface area contributed by atoms with Gasteiger partial charge in [-0.15, -0.1) is 11.3 Å². The quantitative estimate of drug-likeness (QED) is 0.363. The molecule has 10 heteroatoms. The molecule has 158 valence electrons. The lowest BCUT2D eigenvalue weighted by Gasteiger charge is -2.09. The number of primary amides is 1. The highest BCUT2D eigenvalue weighted by atomic mass is 32.1. The van der Waals surface area contributed by atoms with E-state index >= 15 is 0 Å². The van der Waals surface area contributed by atoms with Crippen molar-refractivity contribution in [1.29, 1.82) is 0 Å². The lowest BCUT2D eigenvalue weighted by Crippen LogP contribution is -2.28. The number of rotatable bonds is 11. The number of ether oxygens (including phenoxy) is 1. The van der Waals surface area contributed by atoms with Crippen LogP contribution in [0, 0.1) is 0 Å². The van der Waals surface area contributed by atoms with E-state index in [0.29, 0.717) is 4.88 Å². The van der Waals surface area contributed by atoms with Gasteiger partial charge in [-0.25, -0.2) is 0 Å². The number of ketones is 1. The van der Waals surface area contributed by atoms with E-state index < -0.39 is 24.4 Å². The Morgan fingerprint density at radius 2 is 1.70 bits per heavy atom. The number of benzene rings is 1. The third-order valence-corrected chi connectivity index (χ3v) is 4.77. The van der Waals surface area contributed by atoms with Crippen molar-refractivity contribution in [2.75, 3.05) is 18.5 Å². The van der Waals surface area contributed by atoms with Gasteiger partial charge < -0.3 is 21.1 Å². The summed E-state index contributed by atoms with van der Waals surface area (Å²) in [7, 11) is 0. The molecule has 1 heterocycles. The fraction of sp³-hybridized carbons (Fsp3) is 0.250. The van der Waals surface area contributed by atoms with Crippen LogP contribution >= 0.6 is 11.3 Å². The van der Waals surface area contributed by atoms with Gasteiger partial charge in [-0.2, -0.15) is 0 Å². The summed E-state index contributed by atoms with van der Waals surface area (Å²) in [6, 6.07) is 9.63. The molecule has 0 aliphatic heterocycles.